The lowest BCUT2D eigenvalue weighted by Gasteiger charge is -2.25. The van der Waals surface area contributed by atoms with Crippen molar-refractivity contribution in [3.63, 3.8) is 0 Å². The second kappa shape index (κ2) is 28.1. The van der Waals surface area contributed by atoms with Gasteiger partial charge in [0.2, 0.25) is 29.5 Å². The zero-order valence-corrected chi connectivity index (χ0v) is 37.8. The fourth-order valence-corrected chi connectivity index (χ4v) is 7.97. The molecule has 2 aliphatic rings. The molecule has 0 spiro atoms. The normalized spacial score (nSPS) is 19.5. The molecular weight excluding hydrogens is 835 g/mol. The summed E-state index contributed by atoms with van der Waals surface area (Å²) in [5.41, 5.74) is 10.8. The molecule has 2 saturated heterocycles. The first-order valence-electron chi connectivity index (χ1n) is 22.5. The predicted octanol–water partition coefficient (Wildman–Crippen LogP) is -0.224. The van der Waals surface area contributed by atoms with Crippen LogP contribution in [0.4, 0.5) is 0 Å². The van der Waals surface area contributed by atoms with E-state index in [1.54, 1.807) is 0 Å². The number of hydrogen-bond donors (Lipinski definition) is 8. The zero-order chi connectivity index (χ0) is 48.1. The number of rotatable bonds is 32. The highest BCUT2D eigenvalue weighted by Crippen LogP contribution is 2.24. The highest BCUT2D eigenvalue weighted by Gasteiger charge is 2.36. The van der Waals surface area contributed by atoms with Crippen LogP contribution in [0.25, 0.3) is 0 Å². The molecule has 0 saturated carbocycles. The van der Waals surface area contributed by atoms with Gasteiger partial charge in [-0.05, 0) is 64.3 Å². The molecule has 360 valence electrons. The first kappa shape index (κ1) is 55.2. The van der Waals surface area contributed by atoms with Crippen molar-refractivity contribution in [3.8, 4) is 0 Å². The van der Waals surface area contributed by atoms with Gasteiger partial charge in [0.1, 0.15) is 5.78 Å². The Labute approximate surface area is 374 Å². The number of carboxylic acids is 1. The van der Waals surface area contributed by atoms with Crippen molar-refractivity contribution in [3.05, 3.63) is 0 Å². The van der Waals surface area contributed by atoms with E-state index in [9.17, 15) is 63.0 Å². The standard InChI is InChI=1S/C44H71N7O13/c1-25(2)18-29(21-37(56)32(10-13-39(46)58)50-40(59)14-11-36(55)33-22-31(53)23-47-33)43(62)48-24-30(52)19-26(3)42(61)49-27(4)35(54)12-15-41(60)51-17-7-9-34(51)38(57)20-28(44(63)64)8-5-6-16-45/h25-29,31-34,47,53H,5-24,45H2,1-4H3,(H2,46,58)(H,48,62)(H,49,61)(H,50,59)(H,63,64)/t26-,27+,28-,29-,31-,32+,33+,34+/m1/s1. The number of aliphatic hydroxyl groups is 1. The Bertz CT molecular complexity index is 1690. The summed E-state index contributed by atoms with van der Waals surface area (Å²) in [5, 5.41) is 29.8. The Balaban J connectivity index is 1.87. The second-order valence-electron chi connectivity index (χ2n) is 17.7. The number of nitrogens with one attached hydrogen (secondary N) is 4. The zero-order valence-electron chi connectivity index (χ0n) is 37.8. The number of nitrogens with zero attached hydrogens (tertiary/aromatic N) is 1. The van der Waals surface area contributed by atoms with Gasteiger partial charge < -0.3 is 47.8 Å². The van der Waals surface area contributed by atoms with Gasteiger partial charge in [-0.2, -0.15) is 0 Å². The number of Topliss-reactive ketones (excluding diaryl/α,β-unsaturated/α-hetero) is 5. The molecule has 5 amide bonds. The summed E-state index contributed by atoms with van der Waals surface area (Å²) >= 11 is 0. The van der Waals surface area contributed by atoms with Gasteiger partial charge in [0, 0.05) is 76.3 Å². The van der Waals surface area contributed by atoms with E-state index in [1.165, 1.54) is 18.7 Å². The van der Waals surface area contributed by atoms with E-state index in [0.717, 1.165) is 0 Å². The number of carboxylic acid groups (broad SMARTS) is 1. The van der Waals surface area contributed by atoms with Gasteiger partial charge in [0.15, 0.2) is 23.1 Å². The van der Waals surface area contributed by atoms with Gasteiger partial charge in [-0.15, -0.1) is 0 Å². The number of carbonyl (C=O) groups is 11. The maximum Gasteiger partial charge on any atom is 0.306 e. The maximum atomic E-state index is 13.5. The van der Waals surface area contributed by atoms with Gasteiger partial charge in [-0.3, -0.25) is 52.7 Å². The molecule has 20 heteroatoms. The summed E-state index contributed by atoms with van der Waals surface area (Å²) in [7, 11) is 0. The number of ketones is 5. The third kappa shape index (κ3) is 19.8. The monoisotopic (exact) mass is 906 g/mol. The molecular formula is C44H71N7O13. The molecule has 64 heavy (non-hydrogen) atoms. The molecule has 2 aliphatic heterocycles. The van der Waals surface area contributed by atoms with Gasteiger partial charge >= 0.3 is 5.97 Å². The minimum absolute atomic E-state index is 0.0557. The largest absolute Gasteiger partial charge is 0.481 e. The van der Waals surface area contributed by atoms with Crippen molar-refractivity contribution >= 4 is 64.4 Å². The lowest BCUT2D eigenvalue weighted by atomic mass is 9.88. The number of unbranched alkanes of at least 4 members (excludes halogenated alkanes) is 1. The maximum absolute atomic E-state index is 13.5. The van der Waals surface area contributed by atoms with E-state index < -0.39 is 107 Å². The number of β-amino-alcohol motifs (C(OH)–C–C–N with tert-alkyl or cyclic N) is 1. The summed E-state index contributed by atoms with van der Waals surface area (Å²) in [5.74, 6) is -8.87. The van der Waals surface area contributed by atoms with Gasteiger partial charge in [0.25, 0.3) is 0 Å². The molecule has 0 aromatic carbocycles. The molecule has 2 heterocycles. The van der Waals surface area contributed by atoms with Gasteiger partial charge in [-0.1, -0.05) is 27.2 Å². The van der Waals surface area contributed by atoms with Crippen molar-refractivity contribution in [2.24, 2.45) is 35.1 Å². The van der Waals surface area contributed by atoms with Crippen LogP contribution < -0.4 is 32.7 Å². The van der Waals surface area contributed by atoms with Crippen LogP contribution in [0.3, 0.4) is 0 Å². The molecule has 0 aromatic heterocycles. The molecule has 0 aliphatic carbocycles. The third-order valence-corrected chi connectivity index (χ3v) is 11.7. The Morgan fingerprint density at radius 2 is 1.48 bits per heavy atom. The number of amides is 5. The molecule has 0 unspecified atom stereocenters. The first-order chi connectivity index (χ1) is 30.1. The van der Waals surface area contributed by atoms with Crippen molar-refractivity contribution < 1.29 is 63.0 Å². The number of primary amides is 1. The average molecular weight is 906 g/mol. The summed E-state index contributed by atoms with van der Waals surface area (Å²) in [6.07, 6.45) is 0.299. The molecule has 8 atom stereocenters. The third-order valence-electron chi connectivity index (χ3n) is 11.7. The van der Waals surface area contributed by atoms with Crippen LogP contribution in [0.15, 0.2) is 0 Å². The molecule has 2 rings (SSSR count). The van der Waals surface area contributed by atoms with Crippen molar-refractivity contribution in [1.82, 2.24) is 26.2 Å². The highest BCUT2D eigenvalue weighted by atomic mass is 16.4. The van der Waals surface area contributed by atoms with Crippen LogP contribution in [0, 0.1) is 23.7 Å². The molecule has 2 fully saturated rings. The summed E-state index contributed by atoms with van der Waals surface area (Å²) < 4.78 is 0. The second-order valence-corrected chi connectivity index (χ2v) is 17.7. The molecule has 10 N–H and O–H groups in total. The summed E-state index contributed by atoms with van der Waals surface area (Å²) in [6, 6.07) is -3.51. The Hall–Kier alpha value is -4.95. The number of likely N-dealkylation sites (tertiary alicyclic amines) is 1. The van der Waals surface area contributed by atoms with Crippen LogP contribution in [0.1, 0.15) is 130 Å². The molecule has 0 radical (unpaired) electrons. The minimum Gasteiger partial charge on any atom is -0.481 e. The Morgan fingerprint density at radius 1 is 0.781 bits per heavy atom. The predicted molar refractivity (Wildman–Crippen MR) is 232 cm³/mol. The molecule has 20 nitrogen and oxygen atoms in total. The number of aliphatic carboxylic acids is 1. The van der Waals surface area contributed by atoms with Gasteiger partial charge in [0.05, 0.1) is 42.7 Å². The van der Waals surface area contributed by atoms with Crippen LogP contribution in [-0.4, -0.2) is 136 Å². The number of carbonyl (C=O) groups excluding carboxylic acids is 10. The number of hydrogen-bond acceptors (Lipinski definition) is 14. The van der Waals surface area contributed by atoms with E-state index in [1.807, 2.05) is 13.8 Å². The smallest absolute Gasteiger partial charge is 0.306 e. The topological polar surface area (TPSA) is 332 Å². The van der Waals surface area contributed by atoms with Crippen molar-refractivity contribution in [2.75, 3.05) is 26.2 Å². The average Bonchev–Trinajstić information content (AvgIpc) is 3.91. The van der Waals surface area contributed by atoms with E-state index in [2.05, 4.69) is 21.3 Å². The fraction of sp³-hybridized carbons (Fsp3) is 0.750. The van der Waals surface area contributed by atoms with Crippen LogP contribution >= 0.6 is 0 Å². The molecule has 0 bridgehead atoms. The Kier molecular flexibility index (Phi) is 24.2. The van der Waals surface area contributed by atoms with Gasteiger partial charge in [-0.25, -0.2) is 0 Å². The van der Waals surface area contributed by atoms with E-state index in [4.69, 9.17) is 11.5 Å². The summed E-state index contributed by atoms with van der Waals surface area (Å²) in [4.78, 5) is 142. The van der Waals surface area contributed by atoms with E-state index >= 15 is 0 Å². The Morgan fingerprint density at radius 3 is 2.09 bits per heavy atom. The van der Waals surface area contributed by atoms with E-state index in [-0.39, 0.29) is 94.7 Å². The quantitative estimate of drug-likeness (QED) is 0.0405. The molecule has 0 aromatic rings. The van der Waals surface area contributed by atoms with E-state index in [0.29, 0.717) is 45.2 Å². The fourth-order valence-electron chi connectivity index (χ4n) is 7.97. The minimum atomic E-state index is -1.17. The van der Waals surface area contributed by atoms with Crippen molar-refractivity contribution in [2.45, 2.75) is 161 Å². The number of nitrogens with two attached hydrogens (primary N) is 2. The summed E-state index contributed by atoms with van der Waals surface area (Å²) in [6.45, 7) is 7.12. The lowest BCUT2D eigenvalue weighted by Crippen LogP contribution is -2.44. The highest BCUT2D eigenvalue weighted by molar-refractivity contribution is 5.97. The van der Waals surface area contributed by atoms with Crippen LogP contribution in [-0.2, 0) is 52.7 Å². The lowest BCUT2D eigenvalue weighted by molar-refractivity contribution is -0.145. The first-order valence-corrected chi connectivity index (χ1v) is 22.5. The van der Waals surface area contributed by atoms with Crippen molar-refractivity contribution in [1.29, 1.82) is 0 Å². The SMILES string of the molecule is CC(C)C[C@H](CC(=O)[C@H](CCC(N)=O)NC(=O)CCC(=O)[C@@H]1C[C@@H](O)CN1)C(=O)NCC(=O)C[C@@H](C)C(=O)N[C@@H](C)C(=O)CCC(=O)N1CCC[C@H]1C(=O)C[C@@H](CCCCN)C(=O)O. The number of aliphatic hydroxyl groups excluding tert-OH is 1. The van der Waals surface area contributed by atoms with Crippen LogP contribution in [0.2, 0.25) is 0 Å². The van der Waals surface area contributed by atoms with Crippen LogP contribution in [0.5, 0.6) is 0 Å².